The number of methoxy groups -OCH3 is 2. The summed E-state index contributed by atoms with van der Waals surface area (Å²) in [5.74, 6) is 0.712. The average Bonchev–Trinajstić information content (AvgIpc) is 2.68. The Morgan fingerprint density at radius 1 is 1.15 bits per heavy atom. The highest BCUT2D eigenvalue weighted by atomic mass is 19.1. The predicted octanol–water partition coefficient (Wildman–Crippen LogP) is 3.31. The van der Waals surface area contributed by atoms with Gasteiger partial charge in [-0.3, -0.25) is 0 Å². The molecule has 0 aliphatic carbocycles. The van der Waals surface area contributed by atoms with Crippen molar-refractivity contribution in [1.29, 1.82) is 0 Å². The van der Waals surface area contributed by atoms with E-state index in [1.165, 1.54) is 13.2 Å². The molecule has 0 radical (unpaired) electrons. The number of likely N-dealkylation sites (tertiary alicyclic amines) is 1. The van der Waals surface area contributed by atoms with E-state index >= 15 is 0 Å². The van der Waals surface area contributed by atoms with Crippen molar-refractivity contribution in [1.82, 2.24) is 9.88 Å². The molecule has 2 amide bonds. The van der Waals surface area contributed by atoms with Gasteiger partial charge in [0, 0.05) is 32.0 Å². The van der Waals surface area contributed by atoms with Crippen LogP contribution in [-0.2, 0) is 0 Å². The number of nitrogens with zero attached hydrogens (tertiary/aromatic N) is 2. The van der Waals surface area contributed by atoms with E-state index in [1.807, 2.05) is 0 Å². The number of hydrogen-bond donors (Lipinski definition) is 1. The van der Waals surface area contributed by atoms with E-state index in [0.29, 0.717) is 43.1 Å². The standard InChI is InChI=1S/C19H22FN3O4/c1-25-15-6-3-5-14(18(15)26-2)21-19(24)23-11-9-13(10-12-23)27-17-8-4-7-16(20)22-17/h3-8,13H,9-12H2,1-2H3,(H,21,24). The van der Waals surface area contributed by atoms with Crippen LogP contribution in [0.5, 0.6) is 17.4 Å². The number of amides is 2. The molecule has 0 atom stereocenters. The molecule has 0 saturated carbocycles. The number of ether oxygens (including phenoxy) is 3. The quantitative estimate of drug-likeness (QED) is 0.812. The first-order valence-electron chi connectivity index (χ1n) is 8.67. The molecule has 1 aliphatic rings. The van der Waals surface area contributed by atoms with Gasteiger partial charge in [-0.2, -0.15) is 9.37 Å². The van der Waals surface area contributed by atoms with Crippen molar-refractivity contribution < 1.29 is 23.4 Å². The van der Waals surface area contributed by atoms with Crippen molar-refractivity contribution in [2.24, 2.45) is 0 Å². The lowest BCUT2D eigenvalue weighted by Crippen LogP contribution is -2.43. The van der Waals surface area contributed by atoms with Crippen LogP contribution in [0, 0.1) is 5.95 Å². The molecule has 0 bridgehead atoms. The zero-order chi connectivity index (χ0) is 19.2. The van der Waals surface area contributed by atoms with Gasteiger partial charge in [0.2, 0.25) is 11.8 Å². The van der Waals surface area contributed by atoms with Crippen molar-refractivity contribution in [3.05, 3.63) is 42.3 Å². The zero-order valence-corrected chi connectivity index (χ0v) is 15.3. The maximum absolute atomic E-state index is 13.1. The van der Waals surface area contributed by atoms with E-state index in [4.69, 9.17) is 14.2 Å². The normalized spacial score (nSPS) is 14.6. The van der Waals surface area contributed by atoms with Crippen molar-refractivity contribution in [3.63, 3.8) is 0 Å². The molecular weight excluding hydrogens is 353 g/mol. The lowest BCUT2D eigenvalue weighted by molar-refractivity contribution is 0.111. The molecule has 3 rings (SSSR count). The predicted molar refractivity (Wildman–Crippen MR) is 98.0 cm³/mol. The van der Waals surface area contributed by atoms with Crippen LogP contribution in [-0.4, -0.2) is 49.3 Å². The van der Waals surface area contributed by atoms with Crippen LogP contribution < -0.4 is 19.5 Å². The number of anilines is 1. The van der Waals surface area contributed by atoms with Gasteiger partial charge in [0.15, 0.2) is 11.5 Å². The summed E-state index contributed by atoms with van der Waals surface area (Å²) in [6, 6.07) is 9.53. The number of pyridine rings is 1. The maximum Gasteiger partial charge on any atom is 0.321 e. The topological polar surface area (TPSA) is 72.9 Å². The third-order valence-electron chi connectivity index (χ3n) is 4.35. The number of piperidine rings is 1. The highest BCUT2D eigenvalue weighted by molar-refractivity contribution is 5.91. The van der Waals surface area contributed by atoms with Gasteiger partial charge in [0.1, 0.15) is 6.10 Å². The molecule has 7 nitrogen and oxygen atoms in total. The minimum Gasteiger partial charge on any atom is -0.493 e. The smallest absolute Gasteiger partial charge is 0.321 e. The summed E-state index contributed by atoms with van der Waals surface area (Å²) >= 11 is 0. The first-order valence-corrected chi connectivity index (χ1v) is 8.67. The summed E-state index contributed by atoms with van der Waals surface area (Å²) in [7, 11) is 3.07. The van der Waals surface area contributed by atoms with Gasteiger partial charge in [0.05, 0.1) is 19.9 Å². The lowest BCUT2D eigenvalue weighted by Gasteiger charge is -2.32. The van der Waals surface area contributed by atoms with Crippen molar-refractivity contribution >= 4 is 11.7 Å². The van der Waals surface area contributed by atoms with Crippen LogP contribution in [0.25, 0.3) is 0 Å². The number of para-hydroxylation sites is 1. The largest absolute Gasteiger partial charge is 0.493 e. The molecule has 27 heavy (non-hydrogen) atoms. The van der Waals surface area contributed by atoms with Crippen LogP contribution in [0.4, 0.5) is 14.9 Å². The highest BCUT2D eigenvalue weighted by Gasteiger charge is 2.25. The molecule has 1 aliphatic heterocycles. The average molecular weight is 375 g/mol. The van der Waals surface area contributed by atoms with Crippen molar-refractivity contribution in [3.8, 4) is 17.4 Å². The van der Waals surface area contributed by atoms with E-state index < -0.39 is 5.95 Å². The Kier molecular flexibility index (Phi) is 5.95. The fourth-order valence-corrected chi connectivity index (χ4v) is 2.98. The van der Waals surface area contributed by atoms with E-state index in [9.17, 15) is 9.18 Å². The third kappa shape index (κ3) is 4.58. The Morgan fingerprint density at radius 3 is 2.56 bits per heavy atom. The summed E-state index contributed by atoms with van der Waals surface area (Å²) in [5, 5.41) is 2.86. The van der Waals surface area contributed by atoms with E-state index in [0.717, 1.165) is 0 Å². The molecule has 0 spiro atoms. The SMILES string of the molecule is COc1cccc(NC(=O)N2CCC(Oc3cccc(F)n3)CC2)c1OC. The number of rotatable bonds is 5. The van der Waals surface area contributed by atoms with Crippen molar-refractivity contribution in [2.45, 2.75) is 18.9 Å². The molecule has 8 heteroatoms. The summed E-state index contributed by atoms with van der Waals surface area (Å²) < 4.78 is 29.4. The van der Waals surface area contributed by atoms with Gasteiger partial charge < -0.3 is 24.4 Å². The van der Waals surface area contributed by atoms with Gasteiger partial charge in [-0.05, 0) is 18.2 Å². The number of hydrogen-bond acceptors (Lipinski definition) is 5. The van der Waals surface area contributed by atoms with Crippen LogP contribution in [0.2, 0.25) is 0 Å². The van der Waals surface area contributed by atoms with Crippen LogP contribution in [0.3, 0.4) is 0 Å². The molecule has 1 N–H and O–H groups in total. The first-order chi connectivity index (χ1) is 13.1. The third-order valence-corrected chi connectivity index (χ3v) is 4.35. The Balaban J connectivity index is 1.56. The fraction of sp³-hybridized carbons (Fsp3) is 0.368. The van der Waals surface area contributed by atoms with E-state index in [-0.39, 0.29) is 18.0 Å². The number of aromatic nitrogens is 1. The molecule has 2 heterocycles. The monoisotopic (exact) mass is 375 g/mol. The molecule has 1 aromatic heterocycles. The van der Waals surface area contributed by atoms with Gasteiger partial charge in [0.25, 0.3) is 0 Å². The number of carbonyl (C=O) groups excluding carboxylic acids is 1. The molecule has 1 saturated heterocycles. The van der Waals surface area contributed by atoms with E-state index in [2.05, 4.69) is 10.3 Å². The van der Waals surface area contributed by atoms with Gasteiger partial charge >= 0.3 is 6.03 Å². The Labute approximate surface area is 157 Å². The molecule has 144 valence electrons. The van der Waals surface area contributed by atoms with Gasteiger partial charge in [-0.15, -0.1) is 0 Å². The number of halogens is 1. The number of urea groups is 1. The fourth-order valence-electron chi connectivity index (χ4n) is 2.98. The van der Waals surface area contributed by atoms with Crippen LogP contribution in [0.15, 0.2) is 36.4 Å². The maximum atomic E-state index is 13.1. The van der Waals surface area contributed by atoms with Crippen LogP contribution in [0.1, 0.15) is 12.8 Å². The Morgan fingerprint density at radius 2 is 1.89 bits per heavy atom. The Bertz CT molecular complexity index is 794. The van der Waals surface area contributed by atoms with Gasteiger partial charge in [-0.25, -0.2) is 4.79 Å². The number of benzene rings is 1. The second-order valence-electron chi connectivity index (χ2n) is 6.07. The lowest BCUT2D eigenvalue weighted by atomic mass is 10.1. The van der Waals surface area contributed by atoms with Gasteiger partial charge in [-0.1, -0.05) is 12.1 Å². The van der Waals surface area contributed by atoms with Crippen molar-refractivity contribution in [2.75, 3.05) is 32.6 Å². The van der Waals surface area contributed by atoms with Crippen LogP contribution >= 0.6 is 0 Å². The first kappa shape index (κ1) is 18.8. The summed E-state index contributed by atoms with van der Waals surface area (Å²) in [6.45, 7) is 1.05. The van der Waals surface area contributed by atoms with E-state index in [1.54, 1.807) is 42.3 Å². The number of carbonyl (C=O) groups is 1. The highest BCUT2D eigenvalue weighted by Crippen LogP contribution is 2.35. The minimum absolute atomic E-state index is 0.102. The summed E-state index contributed by atoms with van der Waals surface area (Å²) in [4.78, 5) is 18.0. The minimum atomic E-state index is -0.573. The number of nitrogens with one attached hydrogen (secondary N) is 1. The summed E-state index contributed by atoms with van der Waals surface area (Å²) in [6.07, 6.45) is 1.18. The second kappa shape index (κ2) is 8.57. The molecule has 2 aromatic rings. The molecule has 1 aromatic carbocycles. The molecule has 0 unspecified atom stereocenters. The molecule has 1 fully saturated rings. The zero-order valence-electron chi connectivity index (χ0n) is 15.3. The Hall–Kier alpha value is -3.03. The molecular formula is C19H22FN3O4. The summed E-state index contributed by atoms with van der Waals surface area (Å²) in [5.41, 5.74) is 0.546. The second-order valence-corrected chi connectivity index (χ2v) is 6.07.